The van der Waals surface area contributed by atoms with Gasteiger partial charge in [-0.25, -0.2) is 4.39 Å². The number of piperidine rings is 1. The van der Waals surface area contributed by atoms with E-state index in [1.807, 2.05) is 20.8 Å². The molecule has 7 nitrogen and oxygen atoms in total. The number of likely N-dealkylation sites (tertiary alicyclic amines) is 1. The fourth-order valence-electron chi connectivity index (χ4n) is 4.02. The van der Waals surface area contributed by atoms with E-state index < -0.39 is 5.60 Å². The molecule has 2 amide bonds. The number of morpholine rings is 1. The summed E-state index contributed by atoms with van der Waals surface area (Å²) < 4.78 is 21.0. The highest BCUT2D eigenvalue weighted by Gasteiger charge is 2.50. The Bertz CT molecular complexity index is 926. The summed E-state index contributed by atoms with van der Waals surface area (Å²) in [4.78, 5) is 29.1. The second kappa shape index (κ2) is 7.26. The Balaban J connectivity index is 1.61. The molecule has 2 saturated heterocycles. The van der Waals surface area contributed by atoms with Gasteiger partial charge >= 0.3 is 0 Å². The third-order valence-corrected chi connectivity index (χ3v) is 5.83. The van der Waals surface area contributed by atoms with Crippen LogP contribution in [0.3, 0.4) is 0 Å². The molecule has 2 fully saturated rings. The van der Waals surface area contributed by atoms with Crippen LogP contribution in [0.25, 0.3) is 0 Å². The van der Waals surface area contributed by atoms with Crippen molar-refractivity contribution in [2.45, 2.75) is 44.9 Å². The molecule has 2 aliphatic rings. The molecule has 2 aliphatic heterocycles. The van der Waals surface area contributed by atoms with E-state index in [1.54, 1.807) is 38.9 Å². The maximum absolute atomic E-state index is 13.4. The lowest BCUT2D eigenvalue weighted by molar-refractivity contribution is -0.149. The van der Waals surface area contributed by atoms with Gasteiger partial charge in [0.2, 0.25) is 0 Å². The second-order valence-corrected chi connectivity index (χ2v) is 8.13. The predicted molar refractivity (Wildman–Crippen MR) is 105 cm³/mol. The Labute approximate surface area is 169 Å². The monoisotopic (exact) mass is 400 g/mol. The van der Waals surface area contributed by atoms with Crippen molar-refractivity contribution in [1.82, 2.24) is 14.7 Å². The van der Waals surface area contributed by atoms with Gasteiger partial charge in [0.1, 0.15) is 18.1 Å². The lowest BCUT2D eigenvalue weighted by Crippen LogP contribution is -2.68. The van der Waals surface area contributed by atoms with E-state index >= 15 is 0 Å². The Morgan fingerprint density at radius 1 is 1.28 bits per heavy atom. The van der Waals surface area contributed by atoms with Gasteiger partial charge < -0.3 is 14.5 Å². The van der Waals surface area contributed by atoms with Gasteiger partial charge in [0.25, 0.3) is 11.8 Å². The van der Waals surface area contributed by atoms with Gasteiger partial charge in [-0.15, -0.1) is 0 Å². The van der Waals surface area contributed by atoms with Crippen molar-refractivity contribution < 1.29 is 18.7 Å². The number of fused-ring (bicyclic) bond motifs is 1. The summed E-state index contributed by atoms with van der Waals surface area (Å²) in [5.41, 5.74) is 0.420. The van der Waals surface area contributed by atoms with E-state index in [2.05, 4.69) is 5.10 Å². The highest BCUT2D eigenvalue weighted by atomic mass is 19.1. The van der Waals surface area contributed by atoms with E-state index in [-0.39, 0.29) is 36.3 Å². The molecule has 3 heterocycles. The van der Waals surface area contributed by atoms with E-state index in [0.29, 0.717) is 30.9 Å². The molecule has 0 spiro atoms. The molecule has 1 aromatic heterocycles. The van der Waals surface area contributed by atoms with Crippen LogP contribution in [0.2, 0.25) is 0 Å². The van der Waals surface area contributed by atoms with Gasteiger partial charge in [0, 0.05) is 31.0 Å². The van der Waals surface area contributed by atoms with Crippen LogP contribution in [-0.4, -0.2) is 57.8 Å². The van der Waals surface area contributed by atoms with E-state index in [4.69, 9.17) is 4.74 Å². The Morgan fingerprint density at radius 3 is 2.66 bits per heavy atom. The summed E-state index contributed by atoms with van der Waals surface area (Å²) in [6.45, 7) is 6.78. The molecule has 0 aliphatic carbocycles. The lowest BCUT2D eigenvalue weighted by Gasteiger charge is -2.52. The van der Waals surface area contributed by atoms with Crippen molar-refractivity contribution >= 4 is 17.5 Å². The number of halogens is 1. The quantitative estimate of drug-likeness (QED) is 0.794. The zero-order chi connectivity index (χ0) is 20.8. The van der Waals surface area contributed by atoms with Crippen molar-refractivity contribution in [3.63, 3.8) is 0 Å². The third kappa shape index (κ3) is 3.53. The number of carbonyl (C=O) groups excluding carboxylic acids is 2. The van der Waals surface area contributed by atoms with E-state index in [9.17, 15) is 14.0 Å². The highest BCUT2D eigenvalue weighted by molar-refractivity contribution is 5.96. The number of hydrogen-bond acceptors (Lipinski definition) is 4. The minimum Gasteiger partial charge on any atom is -0.363 e. The zero-order valence-electron chi connectivity index (χ0n) is 16.8. The molecule has 0 saturated carbocycles. The first-order chi connectivity index (χ1) is 13.8. The first kappa shape index (κ1) is 19.6. The Kier molecular flexibility index (Phi) is 4.90. The van der Waals surface area contributed by atoms with Crippen LogP contribution in [0.1, 0.15) is 43.7 Å². The Morgan fingerprint density at radius 2 is 2.00 bits per heavy atom. The molecule has 2 aromatic rings. The third-order valence-electron chi connectivity index (χ3n) is 5.83. The number of anilines is 1. The van der Waals surface area contributed by atoms with Gasteiger partial charge in [-0.1, -0.05) is 0 Å². The zero-order valence-corrected chi connectivity index (χ0v) is 16.8. The second-order valence-electron chi connectivity index (χ2n) is 8.13. The molecule has 0 unspecified atom stereocenters. The number of carbonyl (C=O) groups is 2. The van der Waals surface area contributed by atoms with Gasteiger partial charge in [0.05, 0.1) is 11.6 Å². The predicted octanol–water partition coefficient (Wildman–Crippen LogP) is 2.64. The highest BCUT2D eigenvalue weighted by Crippen LogP contribution is 2.36. The van der Waals surface area contributed by atoms with Gasteiger partial charge in [-0.05, 0) is 57.5 Å². The normalized spacial score (nSPS) is 24.7. The summed E-state index contributed by atoms with van der Waals surface area (Å²) >= 11 is 0. The van der Waals surface area contributed by atoms with Crippen LogP contribution in [0.5, 0.6) is 0 Å². The molecular formula is C21H25FN4O3. The molecular weight excluding hydrogens is 375 g/mol. The average molecular weight is 400 g/mol. The number of ether oxygens (including phenoxy) is 1. The molecule has 154 valence electrons. The minimum absolute atomic E-state index is 0.0306. The standard InChI is InChI=1S/C21H25FN4O3/c1-14(2)25-10-8-17(23-25)20(28)24-11-9-21(3)18(12-24)26(19(27)13-29-21)16-6-4-15(22)5-7-16/h4-8,10,14,18H,9,11-13H2,1-3H3/t18-,21-/m1/s1. The number of amides is 2. The molecule has 4 rings (SSSR count). The summed E-state index contributed by atoms with van der Waals surface area (Å²) in [5, 5.41) is 4.38. The van der Waals surface area contributed by atoms with Crippen molar-refractivity contribution in [1.29, 1.82) is 0 Å². The fourth-order valence-corrected chi connectivity index (χ4v) is 4.02. The molecule has 29 heavy (non-hydrogen) atoms. The maximum Gasteiger partial charge on any atom is 0.274 e. The molecule has 0 radical (unpaired) electrons. The van der Waals surface area contributed by atoms with Crippen molar-refractivity contribution in [3.05, 3.63) is 48.0 Å². The molecule has 8 heteroatoms. The number of rotatable bonds is 3. The summed E-state index contributed by atoms with van der Waals surface area (Å²) in [5.74, 6) is -0.723. The number of hydrogen-bond donors (Lipinski definition) is 0. The summed E-state index contributed by atoms with van der Waals surface area (Å²) in [7, 11) is 0. The largest absolute Gasteiger partial charge is 0.363 e. The van der Waals surface area contributed by atoms with Crippen LogP contribution < -0.4 is 4.90 Å². The SMILES string of the molecule is CC(C)n1ccc(C(=O)N2CC[C@@]3(C)OCC(=O)N(c4ccc(F)cc4)[C@@H]3C2)n1. The number of benzene rings is 1. The fraction of sp³-hybridized carbons (Fsp3) is 0.476. The molecule has 1 aromatic carbocycles. The van der Waals surface area contributed by atoms with Crippen molar-refractivity contribution in [2.24, 2.45) is 0 Å². The van der Waals surface area contributed by atoms with Crippen molar-refractivity contribution in [3.8, 4) is 0 Å². The van der Waals surface area contributed by atoms with Gasteiger partial charge in [-0.2, -0.15) is 5.10 Å². The van der Waals surface area contributed by atoms with Gasteiger partial charge in [-0.3, -0.25) is 14.3 Å². The smallest absolute Gasteiger partial charge is 0.274 e. The minimum atomic E-state index is -0.573. The van der Waals surface area contributed by atoms with Crippen LogP contribution >= 0.6 is 0 Å². The average Bonchev–Trinajstić information content (AvgIpc) is 3.19. The first-order valence-corrected chi connectivity index (χ1v) is 9.84. The first-order valence-electron chi connectivity index (χ1n) is 9.84. The number of aromatic nitrogens is 2. The maximum atomic E-state index is 13.4. The lowest BCUT2D eigenvalue weighted by atomic mass is 9.85. The van der Waals surface area contributed by atoms with Gasteiger partial charge in [0.15, 0.2) is 0 Å². The molecule has 0 bridgehead atoms. The summed E-state index contributed by atoms with van der Waals surface area (Å²) in [6.07, 6.45) is 2.39. The van der Waals surface area contributed by atoms with Crippen LogP contribution in [0.15, 0.2) is 36.5 Å². The van der Waals surface area contributed by atoms with Crippen molar-refractivity contribution in [2.75, 3.05) is 24.6 Å². The van der Waals surface area contributed by atoms with E-state index in [0.717, 1.165) is 0 Å². The van der Waals surface area contributed by atoms with E-state index in [1.165, 1.54) is 12.1 Å². The van der Waals surface area contributed by atoms with Crippen LogP contribution in [-0.2, 0) is 9.53 Å². The van der Waals surface area contributed by atoms with Crippen LogP contribution in [0.4, 0.5) is 10.1 Å². The van der Waals surface area contributed by atoms with Crippen LogP contribution in [0, 0.1) is 5.82 Å². The topological polar surface area (TPSA) is 67.7 Å². The summed E-state index contributed by atoms with van der Waals surface area (Å²) in [6, 6.07) is 7.36. The molecule has 0 N–H and O–H groups in total. The Hall–Kier alpha value is -2.74. The molecule has 2 atom stereocenters. The number of nitrogens with zero attached hydrogens (tertiary/aromatic N) is 4.